The first-order valence-corrected chi connectivity index (χ1v) is 11.2. The lowest BCUT2D eigenvalue weighted by molar-refractivity contribution is 0.562. The minimum Gasteiger partial charge on any atom is -0.333 e. The molecule has 0 fully saturated rings. The summed E-state index contributed by atoms with van der Waals surface area (Å²) in [5, 5.41) is 1.18. The zero-order valence-electron chi connectivity index (χ0n) is 17.4. The molecule has 4 aromatic rings. The molecule has 0 aliphatic heterocycles. The highest BCUT2D eigenvalue weighted by molar-refractivity contribution is 6.36. The third-order valence-corrected chi connectivity index (χ3v) is 6.11. The van der Waals surface area contributed by atoms with E-state index in [1.54, 1.807) is 6.07 Å². The summed E-state index contributed by atoms with van der Waals surface area (Å²) in [5.74, 6) is 0.285. The third kappa shape index (κ3) is 4.85. The molecule has 1 heterocycles. The number of rotatable bonds is 7. The first-order valence-electron chi connectivity index (χ1n) is 10.4. The van der Waals surface area contributed by atoms with Gasteiger partial charge in [0.15, 0.2) is 0 Å². The van der Waals surface area contributed by atoms with Gasteiger partial charge in [0.2, 0.25) is 0 Å². The molecule has 0 radical (unpaired) electrons. The van der Waals surface area contributed by atoms with E-state index >= 15 is 0 Å². The second-order valence-corrected chi connectivity index (χ2v) is 8.59. The summed E-state index contributed by atoms with van der Waals surface area (Å²) in [5.41, 5.74) is 11.6. The molecule has 0 saturated heterocycles. The minimum atomic E-state index is -0.184. The molecule has 5 heteroatoms. The lowest BCUT2D eigenvalue weighted by Crippen LogP contribution is -2.15. The largest absolute Gasteiger partial charge is 0.333 e. The number of nitrogens with two attached hydrogens (primary N) is 1. The van der Waals surface area contributed by atoms with Crippen LogP contribution in [0.4, 0.5) is 0 Å². The molecule has 0 aliphatic carbocycles. The lowest BCUT2D eigenvalue weighted by atomic mass is 9.88. The van der Waals surface area contributed by atoms with Gasteiger partial charge in [-0.25, -0.2) is 4.98 Å². The van der Waals surface area contributed by atoms with E-state index in [2.05, 4.69) is 70.2 Å². The monoisotopic (exact) mass is 449 g/mol. The number of aromatic nitrogens is 2. The summed E-state index contributed by atoms with van der Waals surface area (Å²) in [4.78, 5) is 4.68. The maximum absolute atomic E-state index is 6.46. The van der Waals surface area contributed by atoms with E-state index in [0.29, 0.717) is 10.0 Å². The van der Waals surface area contributed by atoms with Crippen LogP contribution in [0.5, 0.6) is 0 Å². The molecule has 1 unspecified atom stereocenters. The molecule has 0 amide bonds. The zero-order valence-corrected chi connectivity index (χ0v) is 18.9. The van der Waals surface area contributed by atoms with Gasteiger partial charge < -0.3 is 10.3 Å². The Morgan fingerprint density at radius 3 is 2.06 bits per heavy atom. The Kier molecular flexibility index (Phi) is 6.77. The van der Waals surface area contributed by atoms with Gasteiger partial charge in [-0.2, -0.15) is 0 Å². The predicted molar refractivity (Wildman–Crippen MR) is 130 cm³/mol. The summed E-state index contributed by atoms with van der Waals surface area (Å²) in [6.07, 6.45) is 2.80. The third-order valence-electron chi connectivity index (χ3n) is 5.56. The standard InChI is InChI=1S/C26H25Cl2N3/c1-18(29)26-25(23-13-12-21(27)16-24(23)28)30-17-31(26)15-14-22(19-8-4-2-5-9-19)20-10-6-3-7-11-20/h2-13,16-18,22H,14-15,29H2,1H3. The number of hydrogen-bond donors (Lipinski definition) is 1. The van der Waals surface area contributed by atoms with Gasteiger partial charge in [-0.05, 0) is 42.7 Å². The first-order chi connectivity index (χ1) is 15.0. The van der Waals surface area contributed by atoms with E-state index in [9.17, 15) is 0 Å². The van der Waals surface area contributed by atoms with Gasteiger partial charge in [-0.15, -0.1) is 0 Å². The van der Waals surface area contributed by atoms with Crippen LogP contribution in [0.15, 0.2) is 85.2 Å². The summed E-state index contributed by atoms with van der Waals surface area (Å²) < 4.78 is 2.16. The molecular weight excluding hydrogens is 425 g/mol. The summed E-state index contributed by atoms with van der Waals surface area (Å²) in [7, 11) is 0. The number of imidazole rings is 1. The molecule has 0 bridgehead atoms. The lowest BCUT2D eigenvalue weighted by Gasteiger charge is -2.20. The van der Waals surface area contributed by atoms with Crippen molar-refractivity contribution in [3.63, 3.8) is 0 Å². The Morgan fingerprint density at radius 1 is 0.903 bits per heavy atom. The van der Waals surface area contributed by atoms with E-state index in [1.807, 2.05) is 25.4 Å². The van der Waals surface area contributed by atoms with Crippen LogP contribution in [0.1, 0.15) is 42.1 Å². The fourth-order valence-electron chi connectivity index (χ4n) is 4.10. The van der Waals surface area contributed by atoms with Gasteiger partial charge in [0.1, 0.15) is 0 Å². The Bertz CT molecular complexity index is 1100. The Labute approximate surface area is 193 Å². The van der Waals surface area contributed by atoms with Gasteiger partial charge in [0, 0.05) is 29.1 Å². The number of benzene rings is 3. The van der Waals surface area contributed by atoms with Crippen molar-refractivity contribution < 1.29 is 0 Å². The van der Waals surface area contributed by atoms with Crippen molar-refractivity contribution in [2.24, 2.45) is 5.73 Å². The van der Waals surface area contributed by atoms with Crippen LogP contribution in [-0.2, 0) is 6.54 Å². The second-order valence-electron chi connectivity index (χ2n) is 7.75. The molecule has 158 valence electrons. The molecule has 0 saturated carbocycles. The molecule has 1 aromatic heterocycles. The van der Waals surface area contributed by atoms with Crippen LogP contribution in [0.2, 0.25) is 10.0 Å². The maximum Gasteiger partial charge on any atom is 0.0956 e. The van der Waals surface area contributed by atoms with Crippen LogP contribution in [0.3, 0.4) is 0 Å². The molecule has 31 heavy (non-hydrogen) atoms. The first kappa shape index (κ1) is 21.6. The summed E-state index contributed by atoms with van der Waals surface area (Å²) in [6.45, 7) is 2.77. The highest BCUT2D eigenvalue weighted by atomic mass is 35.5. The maximum atomic E-state index is 6.46. The molecule has 0 spiro atoms. The average molecular weight is 450 g/mol. The van der Waals surface area contributed by atoms with Gasteiger partial charge in [0.05, 0.1) is 22.7 Å². The second kappa shape index (κ2) is 9.69. The molecule has 3 aromatic carbocycles. The van der Waals surface area contributed by atoms with Gasteiger partial charge >= 0.3 is 0 Å². The highest BCUT2D eigenvalue weighted by Crippen LogP contribution is 2.34. The SMILES string of the molecule is CC(N)c1c(-c2ccc(Cl)cc2Cl)ncn1CCC(c1ccccc1)c1ccccc1. The Balaban J connectivity index is 1.66. The molecule has 1 atom stereocenters. The summed E-state index contributed by atoms with van der Waals surface area (Å²) in [6, 6.07) is 26.5. The van der Waals surface area contributed by atoms with Crippen molar-refractivity contribution in [3.8, 4) is 11.3 Å². The highest BCUT2D eigenvalue weighted by Gasteiger charge is 2.20. The molecule has 4 rings (SSSR count). The van der Waals surface area contributed by atoms with E-state index < -0.39 is 0 Å². The van der Waals surface area contributed by atoms with Crippen molar-refractivity contribution >= 4 is 23.2 Å². The molecular formula is C26H25Cl2N3. The minimum absolute atomic E-state index is 0.184. The van der Waals surface area contributed by atoms with Crippen molar-refractivity contribution in [2.45, 2.75) is 31.8 Å². The van der Waals surface area contributed by atoms with Crippen LogP contribution in [0.25, 0.3) is 11.3 Å². The van der Waals surface area contributed by atoms with Crippen LogP contribution in [-0.4, -0.2) is 9.55 Å². The van der Waals surface area contributed by atoms with E-state index in [4.69, 9.17) is 28.9 Å². The number of hydrogen-bond acceptors (Lipinski definition) is 2. The Hall–Kier alpha value is -2.59. The van der Waals surface area contributed by atoms with Crippen molar-refractivity contribution in [1.82, 2.24) is 9.55 Å². The van der Waals surface area contributed by atoms with Crippen molar-refractivity contribution in [2.75, 3.05) is 0 Å². The van der Waals surface area contributed by atoms with Crippen molar-refractivity contribution in [3.05, 3.63) is 112 Å². The normalized spacial score (nSPS) is 12.3. The predicted octanol–water partition coefficient (Wildman–Crippen LogP) is 7.10. The Morgan fingerprint density at radius 2 is 1.52 bits per heavy atom. The zero-order chi connectivity index (χ0) is 21.8. The quantitative estimate of drug-likeness (QED) is 0.326. The average Bonchev–Trinajstić information content (AvgIpc) is 3.19. The van der Waals surface area contributed by atoms with Crippen LogP contribution in [0, 0.1) is 0 Å². The number of aryl methyl sites for hydroxylation is 1. The smallest absolute Gasteiger partial charge is 0.0956 e. The van der Waals surface area contributed by atoms with E-state index in [-0.39, 0.29) is 12.0 Å². The van der Waals surface area contributed by atoms with Crippen molar-refractivity contribution in [1.29, 1.82) is 0 Å². The van der Waals surface area contributed by atoms with E-state index in [1.165, 1.54) is 11.1 Å². The van der Waals surface area contributed by atoms with Gasteiger partial charge in [-0.1, -0.05) is 83.9 Å². The topological polar surface area (TPSA) is 43.8 Å². The van der Waals surface area contributed by atoms with Gasteiger partial charge in [-0.3, -0.25) is 0 Å². The van der Waals surface area contributed by atoms with Crippen LogP contribution >= 0.6 is 23.2 Å². The number of nitrogens with zero attached hydrogens (tertiary/aromatic N) is 2. The van der Waals surface area contributed by atoms with E-state index in [0.717, 1.165) is 29.9 Å². The number of halogens is 2. The fraction of sp³-hybridized carbons (Fsp3) is 0.192. The molecule has 2 N–H and O–H groups in total. The molecule has 3 nitrogen and oxygen atoms in total. The molecule has 0 aliphatic rings. The van der Waals surface area contributed by atoms with Crippen LogP contribution < -0.4 is 5.73 Å². The fourth-order valence-corrected chi connectivity index (χ4v) is 4.60. The summed E-state index contributed by atoms with van der Waals surface area (Å²) >= 11 is 12.5. The van der Waals surface area contributed by atoms with Gasteiger partial charge in [0.25, 0.3) is 0 Å².